The molecule has 5 nitrogen and oxygen atoms in total. The average Bonchev–Trinajstić information content (AvgIpc) is 2.56. The van der Waals surface area contributed by atoms with Gasteiger partial charge in [-0.3, -0.25) is 4.79 Å². The van der Waals surface area contributed by atoms with Crippen LogP contribution in [-0.2, 0) is 11.2 Å². The van der Waals surface area contributed by atoms with Crippen molar-refractivity contribution in [2.24, 2.45) is 0 Å². The lowest BCUT2D eigenvalue weighted by atomic mass is 10.3. The van der Waals surface area contributed by atoms with E-state index in [0.717, 1.165) is 38.3 Å². The summed E-state index contributed by atoms with van der Waals surface area (Å²) in [5.74, 6) is 0.158. The number of hydrogen-bond donors (Lipinski definition) is 1. The average molecular weight is 254 g/mol. The predicted molar refractivity (Wildman–Crippen MR) is 68.9 cm³/mol. The van der Waals surface area contributed by atoms with Gasteiger partial charge >= 0.3 is 0 Å². The number of carbonyl (C=O) groups excluding carboxylic acids is 1. The molecule has 0 bridgehead atoms. The summed E-state index contributed by atoms with van der Waals surface area (Å²) in [6, 6.07) is 0. The van der Waals surface area contributed by atoms with Gasteiger partial charge in [-0.05, 0) is 20.0 Å². The lowest BCUT2D eigenvalue weighted by Crippen LogP contribution is -2.35. The van der Waals surface area contributed by atoms with E-state index in [-0.39, 0.29) is 5.91 Å². The van der Waals surface area contributed by atoms with E-state index in [9.17, 15) is 4.79 Å². The van der Waals surface area contributed by atoms with E-state index in [4.69, 9.17) is 5.73 Å². The van der Waals surface area contributed by atoms with Gasteiger partial charge in [0.15, 0.2) is 5.13 Å². The molecule has 0 spiro atoms. The van der Waals surface area contributed by atoms with Crippen LogP contribution in [0, 0.1) is 0 Å². The Morgan fingerprint density at radius 2 is 2.29 bits per heavy atom. The first kappa shape index (κ1) is 12.3. The molecule has 0 atom stereocenters. The van der Waals surface area contributed by atoms with Crippen molar-refractivity contribution in [2.45, 2.75) is 12.8 Å². The van der Waals surface area contributed by atoms with Gasteiger partial charge in [0.2, 0.25) is 5.91 Å². The molecule has 0 saturated carbocycles. The largest absolute Gasteiger partial charge is 0.375 e. The summed E-state index contributed by atoms with van der Waals surface area (Å²) in [6.45, 7) is 3.68. The van der Waals surface area contributed by atoms with Crippen LogP contribution in [0.4, 0.5) is 5.13 Å². The number of hydrogen-bond acceptors (Lipinski definition) is 5. The van der Waals surface area contributed by atoms with Crippen molar-refractivity contribution in [1.29, 1.82) is 0 Å². The van der Waals surface area contributed by atoms with E-state index in [0.29, 0.717) is 11.6 Å². The van der Waals surface area contributed by atoms with E-state index in [1.54, 1.807) is 0 Å². The minimum Gasteiger partial charge on any atom is -0.375 e. The summed E-state index contributed by atoms with van der Waals surface area (Å²) in [4.78, 5) is 20.4. The molecule has 1 aromatic heterocycles. The first-order valence-electron chi connectivity index (χ1n) is 5.81. The number of amides is 1. The minimum atomic E-state index is 0.158. The van der Waals surface area contributed by atoms with Crippen LogP contribution in [0.5, 0.6) is 0 Å². The number of nitrogen functional groups attached to an aromatic ring is 1. The highest BCUT2D eigenvalue weighted by Gasteiger charge is 2.18. The molecule has 0 radical (unpaired) electrons. The fourth-order valence-electron chi connectivity index (χ4n) is 1.97. The Labute approximate surface area is 105 Å². The lowest BCUT2D eigenvalue weighted by Gasteiger charge is -2.20. The first-order chi connectivity index (χ1) is 8.15. The Morgan fingerprint density at radius 3 is 3.00 bits per heavy atom. The van der Waals surface area contributed by atoms with Gasteiger partial charge in [0.1, 0.15) is 0 Å². The monoisotopic (exact) mass is 254 g/mol. The van der Waals surface area contributed by atoms with Crippen LogP contribution in [0.3, 0.4) is 0 Å². The third kappa shape index (κ3) is 3.41. The van der Waals surface area contributed by atoms with E-state index >= 15 is 0 Å². The fourth-order valence-corrected chi connectivity index (χ4v) is 2.53. The Kier molecular flexibility index (Phi) is 3.96. The maximum atomic E-state index is 12.1. The van der Waals surface area contributed by atoms with Gasteiger partial charge in [-0.25, -0.2) is 4.98 Å². The van der Waals surface area contributed by atoms with Crippen LogP contribution in [0.2, 0.25) is 0 Å². The van der Waals surface area contributed by atoms with Gasteiger partial charge in [0.25, 0.3) is 0 Å². The first-order valence-corrected chi connectivity index (χ1v) is 6.69. The quantitative estimate of drug-likeness (QED) is 0.831. The summed E-state index contributed by atoms with van der Waals surface area (Å²) in [5.41, 5.74) is 6.34. The van der Waals surface area contributed by atoms with Crippen LogP contribution >= 0.6 is 11.3 Å². The second-order valence-corrected chi connectivity index (χ2v) is 5.28. The normalized spacial score (nSPS) is 18.1. The fraction of sp³-hybridized carbons (Fsp3) is 0.636. The molecule has 0 unspecified atom stereocenters. The highest BCUT2D eigenvalue weighted by molar-refractivity contribution is 7.13. The SMILES string of the molecule is CN1CCCN(C(=O)Cc2csc(N)n2)CC1. The molecule has 2 rings (SSSR count). The number of thiazole rings is 1. The van der Waals surface area contributed by atoms with Crippen molar-refractivity contribution >= 4 is 22.4 Å². The zero-order valence-electron chi connectivity index (χ0n) is 10.1. The zero-order chi connectivity index (χ0) is 12.3. The van der Waals surface area contributed by atoms with E-state index in [1.165, 1.54) is 11.3 Å². The van der Waals surface area contributed by atoms with Crippen LogP contribution < -0.4 is 5.73 Å². The molecule has 0 aromatic carbocycles. The third-order valence-corrected chi connectivity index (χ3v) is 3.70. The molecule has 2 N–H and O–H groups in total. The molecule has 6 heteroatoms. The van der Waals surface area contributed by atoms with Crippen LogP contribution in [0.15, 0.2) is 5.38 Å². The molecule has 1 fully saturated rings. The number of anilines is 1. The maximum absolute atomic E-state index is 12.1. The van der Waals surface area contributed by atoms with E-state index in [1.807, 2.05) is 10.3 Å². The summed E-state index contributed by atoms with van der Waals surface area (Å²) >= 11 is 1.39. The number of nitrogens with two attached hydrogens (primary N) is 1. The van der Waals surface area contributed by atoms with Gasteiger partial charge in [-0.2, -0.15) is 0 Å². The molecular weight excluding hydrogens is 236 g/mol. The minimum absolute atomic E-state index is 0.158. The van der Waals surface area contributed by atoms with Crippen LogP contribution in [0.25, 0.3) is 0 Å². The second-order valence-electron chi connectivity index (χ2n) is 4.39. The van der Waals surface area contributed by atoms with Crippen molar-refractivity contribution in [3.05, 3.63) is 11.1 Å². The standard InChI is InChI=1S/C11H18N4OS/c1-14-3-2-4-15(6-5-14)10(16)7-9-8-17-11(12)13-9/h8H,2-7H2,1H3,(H2,12,13). The Hall–Kier alpha value is -1.14. The predicted octanol–water partition coefficient (Wildman–Crippen LogP) is 0.432. The van der Waals surface area contributed by atoms with Crippen LogP contribution in [-0.4, -0.2) is 53.9 Å². The van der Waals surface area contributed by atoms with Crippen molar-refractivity contribution in [3.63, 3.8) is 0 Å². The summed E-state index contributed by atoms with van der Waals surface area (Å²) in [5, 5.41) is 2.39. The summed E-state index contributed by atoms with van der Waals surface area (Å²) in [7, 11) is 2.09. The zero-order valence-corrected chi connectivity index (χ0v) is 10.9. The lowest BCUT2D eigenvalue weighted by molar-refractivity contribution is -0.130. The topological polar surface area (TPSA) is 62.5 Å². The number of carbonyl (C=O) groups is 1. The summed E-state index contributed by atoms with van der Waals surface area (Å²) in [6.07, 6.45) is 1.42. The Morgan fingerprint density at radius 1 is 1.47 bits per heavy atom. The molecular formula is C11H18N4OS. The Bertz CT molecular complexity index is 393. The molecule has 1 saturated heterocycles. The smallest absolute Gasteiger partial charge is 0.228 e. The second kappa shape index (κ2) is 5.46. The molecule has 1 amide bonds. The van der Waals surface area contributed by atoms with Crippen molar-refractivity contribution in [1.82, 2.24) is 14.8 Å². The molecule has 94 valence electrons. The van der Waals surface area contributed by atoms with Gasteiger partial charge < -0.3 is 15.5 Å². The van der Waals surface area contributed by atoms with Crippen molar-refractivity contribution < 1.29 is 4.79 Å². The van der Waals surface area contributed by atoms with Crippen LogP contribution in [0.1, 0.15) is 12.1 Å². The van der Waals surface area contributed by atoms with Crippen molar-refractivity contribution in [2.75, 3.05) is 39.0 Å². The molecule has 1 aliphatic rings. The summed E-state index contributed by atoms with van der Waals surface area (Å²) < 4.78 is 0. The maximum Gasteiger partial charge on any atom is 0.228 e. The third-order valence-electron chi connectivity index (χ3n) is 2.97. The van der Waals surface area contributed by atoms with Gasteiger partial charge in [0, 0.05) is 25.0 Å². The molecule has 0 aliphatic carbocycles. The van der Waals surface area contributed by atoms with Gasteiger partial charge in [-0.1, -0.05) is 0 Å². The molecule has 1 aromatic rings. The number of rotatable bonds is 2. The number of aromatic nitrogens is 1. The highest BCUT2D eigenvalue weighted by Crippen LogP contribution is 2.13. The molecule has 1 aliphatic heterocycles. The van der Waals surface area contributed by atoms with Gasteiger partial charge in [-0.15, -0.1) is 11.3 Å². The molecule has 2 heterocycles. The van der Waals surface area contributed by atoms with Crippen molar-refractivity contribution in [3.8, 4) is 0 Å². The molecule has 17 heavy (non-hydrogen) atoms. The Balaban J connectivity index is 1.91. The highest BCUT2D eigenvalue weighted by atomic mass is 32.1. The van der Waals surface area contributed by atoms with E-state index in [2.05, 4.69) is 16.9 Å². The van der Waals surface area contributed by atoms with Gasteiger partial charge in [0.05, 0.1) is 12.1 Å². The van der Waals surface area contributed by atoms with E-state index < -0.39 is 0 Å². The number of nitrogens with zero attached hydrogens (tertiary/aromatic N) is 3. The number of likely N-dealkylation sites (N-methyl/N-ethyl adjacent to an activating group) is 1.